The zero-order valence-corrected chi connectivity index (χ0v) is 11.4. The van der Waals surface area contributed by atoms with E-state index in [4.69, 9.17) is 0 Å². The molecule has 0 atom stereocenters. The molecule has 0 spiro atoms. The summed E-state index contributed by atoms with van der Waals surface area (Å²) in [5, 5.41) is 3.26. The summed E-state index contributed by atoms with van der Waals surface area (Å²) in [6.07, 6.45) is 3.57. The van der Waals surface area contributed by atoms with Crippen molar-refractivity contribution in [2.24, 2.45) is 0 Å². The first-order valence-electron chi connectivity index (χ1n) is 6.55. The summed E-state index contributed by atoms with van der Waals surface area (Å²) in [6, 6.07) is 7.74. The molecule has 0 bridgehead atoms. The molecule has 1 N–H and O–H groups in total. The maximum absolute atomic E-state index is 4.51. The average molecular weight is 257 g/mol. The van der Waals surface area contributed by atoms with Crippen LogP contribution in [0.25, 0.3) is 0 Å². The van der Waals surface area contributed by atoms with Crippen molar-refractivity contribution in [1.29, 1.82) is 0 Å². The molecule has 2 heterocycles. The molecule has 5 nitrogen and oxygen atoms in total. The molecule has 0 aliphatic rings. The fourth-order valence-electron chi connectivity index (χ4n) is 1.79. The summed E-state index contributed by atoms with van der Waals surface area (Å²) in [4.78, 5) is 15.2. The zero-order valence-electron chi connectivity index (χ0n) is 11.4. The Balaban J connectivity index is 2.03. The third-order valence-corrected chi connectivity index (χ3v) is 2.87. The highest BCUT2D eigenvalue weighted by Crippen LogP contribution is 2.11. The van der Waals surface area contributed by atoms with Crippen molar-refractivity contribution in [3.63, 3.8) is 0 Å². The number of hydrogen-bond acceptors (Lipinski definition) is 5. The van der Waals surface area contributed by atoms with Gasteiger partial charge in [-0.3, -0.25) is 4.98 Å². The van der Waals surface area contributed by atoms with Crippen molar-refractivity contribution in [2.75, 3.05) is 23.3 Å². The summed E-state index contributed by atoms with van der Waals surface area (Å²) in [5.41, 5.74) is 0.991. The Morgan fingerprint density at radius 3 is 2.58 bits per heavy atom. The minimum absolute atomic E-state index is 0.662. The number of nitrogens with one attached hydrogen (secondary N) is 1. The van der Waals surface area contributed by atoms with Gasteiger partial charge in [0.05, 0.1) is 12.2 Å². The Morgan fingerprint density at radius 1 is 1.05 bits per heavy atom. The standard InChI is InChI=1S/C14H19N5/c1-3-19(4-2)14-16-10-8-13(18-14)17-11-12-7-5-6-9-15-12/h5-10H,3-4,11H2,1-2H3,(H,16,17,18). The molecule has 0 unspecified atom stereocenters. The van der Waals surface area contributed by atoms with Crippen molar-refractivity contribution >= 4 is 11.8 Å². The third-order valence-electron chi connectivity index (χ3n) is 2.87. The fourth-order valence-corrected chi connectivity index (χ4v) is 1.79. The van der Waals surface area contributed by atoms with E-state index in [0.29, 0.717) is 6.54 Å². The van der Waals surface area contributed by atoms with Crippen LogP contribution in [0.15, 0.2) is 36.7 Å². The number of nitrogens with zero attached hydrogens (tertiary/aromatic N) is 4. The first-order valence-corrected chi connectivity index (χ1v) is 6.55. The first kappa shape index (κ1) is 13.3. The molecule has 2 rings (SSSR count). The molecular formula is C14H19N5. The van der Waals surface area contributed by atoms with E-state index in [0.717, 1.165) is 30.5 Å². The molecule has 0 amide bonds. The van der Waals surface area contributed by atoms with Gasteiger partial charge in [0, 0.05) is 25.5 Å². The van der Waals surface area contributed by atoms with E-state index in [1.54, 1.807) is 12.4 Å². The maximum Gasteiger partial charge on any atom is 0.227 e. The van der Waals surface area contributed by atoms with E-state index in [9.17, 15) is 0 Å². The lowest BCUT2D eigenvalue weighted by Gasteiger charge is -2.18. The molecule has 0 aliphatic carbocycles. The van der Waals surface area contributed by atoms with Crippen molar-refractivity contribution in [3.8, 4) is 0 Å². The molecule has 100 valence electrons. The van der Waals surface area contributed by atoms with Crippen molar-refractivity contribution in [3.05, 3.63) is 42.4 Å². The second-order valence-electron chi connectivity index (χ2n) is 4.09. The highest BCUT2D eigenvalue weighted by molar-refractivity contribution is 5.41. The maximum atomic E-state index is 4.51. The average Bonchev–Trinajstić information content (AvgIpc) is 2.48. The van der Waals surface area contributed by atoms with E-state index in [1.807, 2.05) is 24.3 Å². The summed E-state index contributed by atoms with van der Waals surface area (Å²) < 4.78 is 0. The highest BCUT2D eigenvalue weighted by atomic mass is 15.3. The second-order valence-corrected chi connectivity index (χ2v) is 4.09. The Hall–Kier alpha value is -2.17. The molecule has 0 radical (unpaired) electrons. The Kier molecular flexibility index (Phi) is 4.66. The molecule has 2 aromatic heterocycles. The summed E-state index contributed by atoms with van der Waals surface area (Å²) >= 11 is 0. The van der Waals surface area contributed by atoms with Gasteiger partial charge in [0.15, 0.2) is 0 Å². The van der Waals surface area contributed by atoms with Gasteiger partial charge in [0.2, 0.25) is 5.95 Å². The number of pyridine rings is 1. The van der Waals surface area contributed by atoms with Gasteiger partial charge < -0.3 is 10.2 Å². The minimum Gasteiger partial charge on any atom is -0.364 e. The van der Waals surface area contributed by atoms with Crippen LogP contribution >= 0.6 is 0 Å². The van der Waals surface area contributed by atoms with Crippen LogP contribution in [0.1, 0.15) is 19.5 Å². The van der Waals surface area contributed by atoms with Crippen LogP contribution in [0.3, 0.4) is 0 Å². The van der Waals surface area contributed by atoms with Crippen LogP contribution in [0.5, 0.6) is 0 Å². The number of aromatic nitrogens is 3. The van der Waals surface area contributed by atoms with Crippen molar-refractivity contribution in [2.45, 2.75) is 20.4 Å². The topological polar surface area (TPSA) is 53.9 Å². The van der Waals surface area contributed by atoms with Gasteiger partial charge in [0.1, 0.15) is 5.82 Å². The van der Waals surface area contributed by atoms with E-state index < -0.39 is 0 Å². The van der Waals surface area contributed by atoms with Crippen LogP contribution in [0.4, 0.5) is 11.8 Å². The molecule has 0 fully saturated rings. The highest BCUT2D eigenvalue weighted by Gasteiger charge is 2.05. The van der Waals surface area contributed by atoms with Crippen molar-refractivity contribution in [1.82, 2.24) is 15.0 Å². The molecule has 2 aromatic rings. The predicted molar refractivity (Wildman–Crippen MR) is 77.2 cm³/mol. The zero-order chi connectivity index (χ0) is 13.5. The van der Waals surface area contributed by atoms with Crippen molar-refractivity contribution < 1.29 is 0 Å². The molecule has 0 saturated heterocycles. The van der Waals surface area contributed by atoms with Crippen LogP contribution in [0.2, 0.25) is 0 Å². The van der Waals surface area contributed by atoms with Gasteiger partial charge in [-0.2, -0.15) is 4.98 Å². The molecular weight excluding hydrogens is 238 g/mol. The number of rotatable bonds is 6. The van der Waals surface area contributed by atoms with Gasteiger partial charge in [0.25, 0.3) is 0 Å². The Labute approximate surface area is 113 Å². The van der Waals surface area contributed by atoms with Crippen LogP contribution in [0, 0.1) is 0 Å². The Bertz CT molecular complexity index is 496. The van der Waals surface area contributed by atoms with E-state index in [1.165, 1.54) is 0 Å². The number of hydrogen-bond donors (Lipinski definition) is 1. The largest absolute Gasteiger partial charge is 0.364 e. The monoisotopic (exact) mass is 257 g/mol. The predicted octanol–water partition coefficient (Wildman–Crippen LogP) is 2.33. The van der Waals surface area contributed by atoms with Gasteiger partial charge >= 0.3 is 0 Å². The summed E-state index contributed by atoms with van der Waals surface area (Å²) in [5.74, 6) is 1.58. The van der Waals surface area contributed by atoms with Gasteiger partial charge in [-0.1, -0.05) is 6.07 Å². The van der Waals surface area contributed by atoms with Gasteiger partial charge in [-0.15, -0.1) is 0 Å². The molecule has 0 saturated carbocycles. The summed E-state index contributed by atoms with van der Waals surface area (Å²) in [7, 11) is 0. The van der Waals surface area contributed by atoms with Gasteiger partial charge in [-0.05, 0) is 32.0 Å². The summed E-state index contributed by atoms with van der Waals surface area (Å²) in [6.45, 7) is 6.66. The molecule has 19 heavy (non-hydrogen) atoms. The third kappa shape index (κ3) is 3.64. The van der Waals surface area contributed by atoms with Crippen LogP contribution in [-0.2, 0) is 6.54 Å². The van der Waals surface area contributed by atoms with Crippen LogP contribution in [-0.4, -0.2) is 28.0 Å². The lowest BCUT2D eigenvalue weighted by Crippen LogP contribution is -2.24. The molecule has 5 heteroatoms. The van der Waals surface area contributed by atoms with E-state index >= 15 is 0 Å². The molecule has 0 aromatic carbocycles. The lowest BCUT2D eigenvalue weighted by molar-refractivity contribution is 0.820. The van der Waals surface area contributed by atoms with Crippen LogP contribution < -0.4 is 10.2 Å². The second kappa shape index (κ2) is 6.68. The fraction of sp³-hybridized carbons (Fsp3) is 0.357. The quantitative estimate of drug-likeness (QED) is 0.860. The van der Waals surface area contributed by atoms with E-state index in [-0.39, 0.29) is 0 Å². The normalized spacial score (nSPS) is 10.2. The Morgan fingerprint density at radius 2 is 1.89 bits per heavy atom. The van der Waals surface area contributed by atoms with E-state index in [2.05, 4.69) is 39.0 Å². The smallest absolute Gasteiger partial charge is 0.227 e. The number of anilines is 2. The minimum atomic E-state index is 0.662. The lowest BCUT2D eigenvalue weighted by atomic mass is 10.3. The first-order chi connectivity index (χ1) is 9.33. The SMILES string of the molecule is CCN(CC)c1nccc(NCc2ccccn2)n1. The van der Waals surface area contributed by atoms with Gasteiger partial charge in [-0.25, -0.2) is 4.98 Å². The molecule has 0 aliphatic heterocycles.